The second-order valence-electron chi connectivity index (χ2n) is 3.86. The first-order valence-corrected chi connectivity index (χ1v) is 6.33. The molecule has 0 amide bonds. The number of fused-ring (bicyclic) bond motifs is 1. The van der Waals surface area contributed by atoms with Gasteiger partial charge in [0, 0.05) is 16.8 Å². The largest absolute Gasteiger partial charge is 0.324 e. The normalized spacial score (nSPS) is 26.8. The summed E-state index contributed by atoms with van der Waals surface area (Å²) in [6.45, 7) is 2.20. The molecule has 1 heterocycles. The van der Waals surface area contributed by atoms with E-state index in [0.29, 0.717) is 5.92 Å². The number of hydrogen-bond acceptors (Lipinski definition) is 2. The fourth-order valence-corrected chi connectivity index (χ4v) is 3.13. The van der Waals surface area contributed by atoms with Crippen molar-refractivity contribution in [3.63, 3.8) is 0 Å². The van der Waals surface area contributed by atoms with Crippen LogP contribution in [0.15, 0.2) is 18.2 Å². The van der Waals surface area contributed by atoms with E-state index in [1.54, 1.807) is 0 Å². The molecule has 0 bridgehead atoms. The summed E-state index contributed by atoms with van der Waals surface area (Å²) in [7, 11) is 0. The second kappa shape index (κ2) is 4.13. The average molecular weight is 228 g/mol. The SMILES string of the molecule is CC1CSCc2ccc(Cl)cc2C1N. The van der Waals surface area contributed by atoms with Crippen molar-refractivity contribution >= 4 is 23.4 Å². The Bertz CT molecular complexity index is 340. The van der Waals surface area contributed by atoms with Crippen LogP contribution >= 0.6 is 23.4 Å². The Morgan fingerprint density at radius 2 is 2.29 bits per heavy atom. The molecule has 14 heavy (non-hydrogen) atoms. The van der Waals surface area contributed by atoms with Gasteiger partial charge in [0.2, 0.25) is 0 Å². The van der Waals surface area contributed by atoms with E-state index in [4.69, 9.17) is 17.3 Å². The van der Waals surface area contributed by atoms with Gasteiger partial charge in [-0.3, -0.25) is 0 Å². The van der Waals surface area contributed by atoms with Gasteiger partial charge in [-0.25, -0.2) is 0 Å². The van der Waals surface area contributed by atoms with Gasteiger partial charge in [-0.15, -0.1) is 0 Å². The van der Waals surface area contributed by atoms with Crippen LogP contribution in [0.25, 0.3) is 0 Å². The van der Waals surface area contributed by atoms with E-state index >= 15 is 0 Å². The first-order valence-electron chi connectivity index (χ1n) is 4.80. The Labute approximate surface area is 94.0 Å². The summed E-state index contributed by atoms with van der Waals surface area (Å²) >= 11 is 7.93. The van der Waals surface area contributed by atoms with E-state index in [0.717, 1.165) is 16.5 Å². The lowest BCUT2D eigenvalue weighted by molar-refractivity contribution is 0.524. The standard InChI is InChI=1S/C11H14ClNS/c1-7-5-14-6-8-2-3-9(12)4-10(8)11(7)13/h2-4,7,11H,5-6,13H2,1H3. The van der Waals surface area contributed by atoms with E-state index in [1.807, 2.05) is 23.9 Å². The Balaban J connectivity index is 2.44. The van der Waals surface area contributed by atoms with Gasteiger partial charge in [0.05, 0.1) is 0 Å². The molecule has 76 valence electrons. The molecule has 2 atom stereocenters. The van der Waals surface area contributed by atoms with E-state index in [2.05, 4.69) is 13.0 Å². The van der Waals surface area contributed by atoms with Crippen LogP contribution in [0.1, 0.15) is 24.1 Å². The maximum atomic E-state index is 6.19. The minimum Gasteiger partial charge on any atom is -0.324 e. The molecule has 0 spiro atoms. The highest BCUT2D eigenvalue weighted by atomic mass is 35.5. The molecule has 0 aliphatic carbocycles. The Morgan fingerprint density at radius 1 is 1.50 bits per heavy atom. The van der Waals surface area contributed by atoms with Gasteiger partial charge in [-0.05, 0) is 34.9 Å². The number of nitrogens with two attached hydrogens (primary N) is 1. The van der Waals surface area contributed by atoms with Gasteiger partial charge < -0.3 is 5.73 Å². The topological polar surface area (TPSA) is 26.0 Å². The van der Waals surface area contributed by atoms with Crippen molar-refractivity contribution in [3.05, 3.63) is 34.3 Å². The summed E-state index contributed by atoms with van der Waals surface area (Å²) in [4.78, 5) is 0. The third kappa shape index (κ3) is 1.92. The lowest BCUT2D eigenvalue weighted by Crippen LogP contribution is -2.20. The predicted octanol–water partition coefficient (Wildman–Crippen LogP) is 3.22. The molecule has 1 aromatic rings. The lowest BCUT2D eigenvalue weighted by atomic mass is 9.94. The number of benzene rings is 1. The number of rotatable bonds is 0. The summed E-state index contributed by atoms with van der Waals surface area (Å²) in [5.41, 5.74) is 8.76. The molecule has 0 radical (unpaired) electrons. The molecule has 0 saturated heterocycles. The fraction of sp³-hybridized carbons (Fsp3) is 0.455. The van der Waals surface area contributed by atoms with Gasteiger partial charge in [0.1, 0.15) is 0 Å². The van der Waals surface area contributed by atoms with Crippen LogP contribution in [0.2, 0.25) is 5.02 Å². The zero-order chi connectivity index (χ0) is 10.1. The van der Waals surface area contributed by atoms with Crippen molar-refractivity contribution in [3.8, 4) is 0 Å². The molecule has 1 aliphatic heterocycles. The fourth-order valence-electron chi connectivity index (χ4n) is 1.77. The summed E-state index contributed by atoms with van der Waals surface area (Å²) in [6, 6.07) is 6.20. The molecule has 1 aliphatic rings. The summed E-state index contributed by atoms with van der Waals surface area (Å²) in [5.74, 6) is 2.72. The van der Waals surface area contributed by atoms with Crippen molar-refractivity contribution in [1.82, 2.24) is 0 Å². The quantitative estimate of drug-likeness (QED) is 0.737. The number of halogens is 1. The van der Waals surface area contributed by atoms with Gasteiger partial charge in [0.15, 0.2) is 0 Å². The van der Waals surface area contributed by atoms with Gasteiger partial charge in [-0.2, -0.15) is 11.8 Å². The van der Waals surface area contributed by atoms with Crippen molar-refractivity contribution in [2.45, 2.75) is 18.7 Å². The molecule has 0 aromatic heterocycles. The molecule has 3 heteroatoms. The Kier molecular flexibility index (Phi) is 3.05. The first kappa shape index (κ1) is 10.3. The number of hydrogen-bond donors (Lipinski definition) is 1. The zero-order valence-corrected chi connectivity index (χ0v) is 9.74. The zero-order valence-electron chi connectivity index (χ0n) is 8.16. The molecule has 2 N–H and O–H groups in total. The van der Waals surface area contributed by atoms with E-state index in [9.17, 15) is 0 Å². The van der Waals surface area contributed by atoms with Crippen LogP contribution < -0.4 is 5.73 Å². The van der Waals surface area contributed by atoms with Crippen LogP contribution in [0, 0.1) is 5.92 Å². The van der Waals surface area contributed by atoms with Crippen LogP contribution in [0.3, 0.4) is 0 Å². The maximum absolute atomic E-state index is 6.19. The van der Waals surface area contributed by atoms with Crippen molar-refractivity contribution in [2.75, 3.05) is 5.75 Å². The Hall–Kier alpha value is -0.180. The average Bonchev–Trinajstić information content (AvgIpc) is 2.30. The predicted molar refractivity (Wildman–Crippen MR) is 63.7 cm³/mol. The van der Waals surface area contributed by atoms with Crippen LogP contribution in [-0.2, 0) is 5.75 Å². The van der Waals surface area contributed by atoms with E-state index in [1.165, 1.54) is 11.1 Å². The monoisotopic (exact) mass is 227 g/mol. The lowest BCUT2D eigenvalue weighted by Gasteiger charge is -2.18. The van der Waals surface area contributed by atoms with Crippen molar-refractivity contribution in [1.29, 1.82) is 0 Å². The molecule has 2 unspecified atom stereocenters. The summed E-state index contributed by atoms with van der Waals surface area (Å²) in [5, 5.41) is 0.790. The highest BCUT2D eigenvalue weighted by Crippen LogP contribution is 2.33. The van der Waals surface area contributed by atoms with Crippen LogP contribution in [0.5, 0.6) is 0 Å². The highest BCUT2D eigenvalue weighted by Gasteiger charge is 2.21. The van der Waals surface area contributed by atoms with Crippen molar-refractivity contribution < 1.29 is 0 Å². The molecular weight excluding hydrogens is 214 g/mol. The Morgan fingerprint density at radius 3 is 3.07 bits per heavy atom. The minimum absolute atomic E-state index is 0.138. The molecule has 2 rings (SSSR count). The van der Waals surface area contributed by atoms with Gasteiger partial charge in [-0.1, -0.05) is 24.6 Å². The van der Waals surface area contributed by atoms with Gasteiger partial charge in [0.25, 0.3) is 0 Å². The summed E-state index contributed by atoms with van der Waals surface area (Å²) in [6.07, 6.45) is 0. The molecule has 1 aromatic carbocycles. The van der Waals surface area contributed by atoms with E-state index in [-0.39, 0.29) is 6.04 Å². The van der Waals surface area contributed by atoms with Crippen molar-refractivity contribution in [2.24, 2.45) is 11.7 Å². The van der Waals surface area contributed by atoms with Crippen LogP contribution in [-0.4, -0.2) is 5.75 Å². The van der Waals surface area contributed by atoms with Crippen LogP contribution in [0.4, 0.5) is 0 Å². The minimum atomic E-state index is 0.138. The maximum Gasteiger partial charge on any atom is 0.0409 e. The summed E-state index contributed by atoms with van der Waals surface area (Å²) < 4.78 is 0. The molecule has 0 saturated carbocycles. The third-order valence-corrected chi connectivity index (χ3v) is 4.23. The van der Waals surface area contributed by atoms with Gasteiger partial charge >= 0.3 is 0 Å². The first-order chi connectivity index (χ1) is 6.68. The smallest absolute Gasteiger partial charge is 0.0409 e. The van der Waals surface area contributed by atoms with E-state index < -0.39 is 0 Å². The third-order valence-electron chi connectivity index (χ3n) is 2.72. The number of thioether (sulfide) groups is 1. The molecule has 1 nitrogen and oxygen atoms in total. The second-order valence-corrected chi connectivity index (χ2v) is 5.33. The highest BCUT2D eigenvalue weighted by molar-refractivity contribution is 7.98. The molecular formula is C11H14ClNS. The molecule has 0 fully saturated rings.